The standard InChI is InChI=1S/C17H24ClN3/c1-3-5-17-15(11-19-10-4-2)12-20-21(17)13-14-6-8-16(18)9-7-14/h6-9,12,19H,3-5,10-11,13H2,1-2H3. The lowest BCUT2D eigenvalue weighted by Gasteiger charge is -2.10. The van der Waals surface area contributed by atoms with Crippen molar-refractivity contribution < 1.29 is 0 Å². The fourth-order valence-corrected chi connectivity index (χ4v) is 2.55. The molecule has 0 fully saturated rings. The lowest BCUT2D eigenvalue weighted by Crippen LogP contribution is -2.15. The molecule has 0 saturated heterocycles. The molecule has 0 radical (unpaired) electrons. The molecule has 0 aliphatic rings. The van der Waals surface area contributed by atoms with Crippen LogP contribution < -0.4 is 5.32 Å². The van der Waals surface area contributed by atoms with Crippen molar-refractivity contribution in [1.29, 1.82) is 0 Å². The molecular formula is C17H24ClN3. The SMILES string of the molecule is CCCNCc1cnn(Cc2ccc(Cl)cc2)c1CCC. The van der Waals surface area contributed by atoms with Gasteiger partial charge < -0.3 is 5.32 Å². The summed E-state index contributed by atoms with van der Waals surface area (Å²) in [6, 6.07) is 8.00. The smallest absolute Gasteiger partial charge is 0.0662 e. The largest absolute Gasteiger partial charge is 0.313 e. The van der Waals surface area contributed by atoms with E-state index >= 15 is 0 Å². The van der Waals surface area contributed by atoms with Crippen molar-refractivity contribution in [1.82, 2.24) is 15.1 Å². The number of nitrogens with zero attached hydrogens (tertiary/aromatic N) is 2. The number of halogens is 1. The Balaban J connectivity index is 2.12. The van der Waals surface area contributed by atoms with E-state index < -0.39 is 0 Å². The van der Waals surface area contributed by atoms with Crippen LogP contribution in [0.15, 0.2) is 30.5 Å². The average Bonchev–Trinajstić information content (AvgIpc) is 2.85. The second kappa shape index (κ2) is 8.20. The van der Waals surface area contributed by atoms with Crippen LogP contribution in [0.4, 0.5) is 0 Å². The number of benzene rings is 1. The van der Waals surface area contributed by atoms with E-state index in [9.17, 15) is 0 Å². The minimum Gasteiger partial charge on any atom is -0.313 e. The predicted molar refractivity (Wildman–Crippen MR) is 88.8 cm³/mol. The van der Waals surface area contributed by atoms with Crippen molar-refractivity contribution in [3.63, 3.8) is 0 Å². The van der Waals surface area contributed by atoms with Crippen LogP contribution in [0.2, 0.25) is 5.02 Å². The van der Waals surface area contributed by atoms with Gasteiger partial charge in [-0.3, -0.25) is 4.68 Å². The maximum Gasteiger partial charge on any atom is 0.0662 e. The third-order valence-corrected chi connectivity index (χ3v) is 3.76. The Bertz CT molecular complexity index is 546. The van der Waals surface area contributed by atoms with Crippen molar-refractivity contribution in [3.8, 4) is 0 Å². The number of rotatable bonds is 8. The zero-order valence-electron chi connectivity index (χ0n) is 12.9. The molecule has 114 valence electrons. The summed E-state index contributed by atoms with van der Waals surface area (Å²) in [5.41, 5.74) is 3.89. The van der Waals surface area contributed by atoms with Gasteiger partial charge in [0.2, 0.25) is 0 Å². The highest BCUT2D eigenvalue weighted by atomic mass is 35.5. The van der Waals surface area contributed by atoms with Crippen molar-refractivity contribution in [3.05, 3.63) is 52.3 Å². The van der Waals surface area contributed by atoms with E-state index in [-0.39, 0.29) is 0 Å². The molecule has 1 heterocycles. The van der Waals surface area contributed by atoms with E-state index in [0.29, 0.717) is 0 Å². The highest BCUT2D eigenvalue weighted by Crippen LogP contribution is 2.15. The maximum atomic E-state index is 5.94. The molecule has 4 heteroatoms. The first-order chi connectivity index (χ1) is 10.2. The topological polar surface area (TPSA) is 29.9 Å². The summed E-state index contributed by atoms with van der Waals surface area (Å²) < 4.78 is 2.12. The Hall–Kier alpha value is -1.32. The summed E-state index contributed by atoms with van der Waals surface area (Å²) >= 11 is 5.94. The Morgan fingerprint density at radius 1 is 1.14 bits per heavy atom. The summed E-state index contributed by atoms with van der Waals surface area (Å²) in [6.45, 7) is 7.16. The lowest BCUT2D eigenvalue weighted by atomic mass is 10.1. The monoisotopic (exact) mass is 305 g/mol. The van der Waals surface area contributed by atoms with Crippen molar-refractivity contribution in [2.75, 3.05) is 6.54 Å². The van der Waals surface area contributed by atoms with E-state index in [1.165, 1.54) is 16.8 Å². The number of hydrogen-bond acceptors (Lipinski definition) is 2. The Morgan fingerprint density at radius 3 is 2.57 bits per heavy atom. The third kappa shape index (κ3) is 4.58. The molecule has 1 N–H and O–H groups in total. The molecule has 0 bridgehead atoms. The predicted octanol–water partition coefficient (Wildman–Crippen LogP) is 4.04. The fourth-order valence-electron chi connectivity index (χ4n) is 2.42. The quantitative estimate of drug-likeness (QED) is 0.746. The summed E-state index contributed by atoms with van der Waals surface area (Å²) in [4.78, 5) is 0. The minimum absolute atomic E-state index is 0.775. The normalized spacial score (nSPS) is 11.0. The van der Waals surface area contributed by atoms with E-state index in [2.05, 4.69) is 41.1 Å². The first kappa shape index (κ1) is 16.1. The summed E-state index contributed by atoms with van der Waals surface area (Å²) in [5.74, 6) is 0. The Morgan fingerprint density at radius 2 is 1.90 bits per heavy atom. The van der Waals surface area contributed by atoms with Crippen LogP contribution in [0.25, 0.3) is 0 Å². The molecule has 2 rings (SSSR count). The molecule has 0 amide bonds. The van der Waals surface area contributed by atoms with Gasteiger partial charge in [-0.1, -0.05) is 44.0 Å². The second-order valence-electron chi connectivity index (χ2n) is 5.33. The first-order valence-electron chi connectivity index (χ1n) is 7.73. The molecule has 0 atom stereocenters. The Kier molecular flexibility index (Phi) is 6.27. The van der Waals surface area contributed by atoms with Gasteiger partial charge in [-0.25, -0.2) is 0 Å². The van der Waals surface area contributed by atoms with Crippen LogP contribution >= 0.6 is 11.6 Å². The third-order valence-electron chi connectivity index (χ3n) is 3.51. The zero-order chi connectivity index (χ0) is 15.1. The van der Waals surface area contributed by atoms with Gasteiger partial charge in [0.15, 0.2) is 0 Å². The van der Waals surface area contributed by atoms with Crippen LogP contribution in [0.1, 0.15) is 43.5 Å². The molecule has 0 unspecified atom stereocenters. The van der Waals surface area contributed by atoms with E-state index in [4.69, 9.17) is 11.6 Å². The van der Waals surface area contributed by atoms with Gasteiger partial charge in [-0.2, -0.15) is 5.10 Å². The minimum atomic E-state index is 0.775. The zero-order valence-corrected chi connectivity index (χ0v) is 13.7. The van der Waals surface area contributed by atoms with E-state index in [1.807, 2.05) is 18.3 Å². The number of nitrogens with one attached hydrogen (secondary N) is 1. The van der Waals surface area contributed by atoms with E-state index in [1.54, 1.807) is 0 Å². The van der Waals surface area contributed by atoms with Crippen LogP contribution in [0.3, 0.4) is 0 Å². The van der Waals surface area contributed by atoms with Crippen molar-refractivity contribution >= 4 is 11.6 Å². The summed E-state index contributed by atoms with van der Waals surface area (Å²) in [7, 11) is 0. The number of hydrogen-bond donors (Lipinski definition) is 1. The van der Waals surface area contributed by atoms with Gasteiger partial charge in [0.25, 0.3) is 0 Å². The average molecular weight is 306 g/mol. The van der Waals surface area contributed by atoms with Crippen molar-refractivity contribution in [2.24, 2.45) is 0 Å². The second-order valence-corrected chi connectivity index (χ2v) is 5.76. The molecule has 21 heavy (non-hydrogen) atoms. The maximum absolute atomic E-state index is 5.94. The highest BCUT2D eigenvalue weighted by Gasteiger charge is 2.10. The molecule has 2 aromatic rings. The molecule has 1 aromatic carbocycles. The molecule has 3 nitrogen and oxygen atoms in total. The molecule has 0 spiro atoms. The summed E-state index contributed by atoms with van der Waals surface area (Å²) in [6.07, 6.45) is 5.36. The van der Waals surface area contributed by atoms with E-state index in [0.717, 1.165) is 43.9 Å². The van der Waals surface area contributed by atoms with Gasteiger partial charge in [0, 0.05) is 22.8 Å². The highest BCUT2D eigenvalue weighted by molar-refractivity contribution is 6.30. The molecule has 0 aliphatic heterocycles. The van der Waals surface area contributed by atoms with Crippen LogP contribution in [0, 0.1) is 0 Å². The van der Waals surface area contributed by atoms with Gasteiger partial charge >= 0.3 is 0 Å². The van der Waals surface area contributed by atoms with Gasteiger partial charge in [-0.15, -0.1) is 0 Å². The molecular weight excluding hydrogens is 282 g/mol. The van der Waals surface area contributed by atoms with Crippen LogP contribution in [0.5, 0.6) is 0 Å². The lowest BCUT2D eigenvalue weighted by molar-refractivity contribution is 0.625. The Labute approximate surface area is 132 Å². The van der Waals surface area contributed by atoms with Crippen molar-refractivity contribution in [2.45, 2.75) is 46.2 Å². The van der Waals surface area contributed by atoms with Gasteiger partial charge in [0.05, 0.1) is 12.7 Å². The van der Waals surface area contributed by atoms with Gasteiger partial charge in [0.1, 0.15) is 0 Å². The fraction of sp³-hybridized carbons (Fsp3) is 0.471. The molecule has 1 aromatic heterocycles. The summed E-state index contributed by atoms with van der Waals surface area (Å²) in [5, 5.41) is 8.81. The van der Waals surface area contributed by atoms with Gasteiger partial charge in [-0.05, 0) is 37.1 Å². The van der Waals surface area contributed by atoms with Crippen LogP contribution in [-0.4, -0.2) is 16.3 Å². The number of aromatic nitrogens is 2. The molecule has 0 aliphatic carbocycles. The molecule has 0 saturated carbocycles. The first-order valence-corrected chi connectivity index (χ1v) is 8.11. The van der Waals surface area contributed by atoms with Crippen LogP contribution in [-0.2, 0) is 19.5 Å².